The Kier molecular flexibility index (Phi) is 7.82. The van der Waals surface area contributed by atoms with Crippen LogP contribution in [0.5, 0.6) is 0 Å². The minimum absolute atomic E-state index is 0.0187. The normalized spacial score (nSPS) is 25.1. The van der Waals surface area contributed by atoms with Gasteiger partial charge in [-0.3, -0.25) is 9.80 Å². The SMILES string of the molecule is Cc1ccc(C(CNC(=O)NCC(C)(C)N2CC(C)CC(C)C2)N2CCOCC2)o1. The molecule has 2 N–H and O–H groups in total. The molecule has 3 heterocycles. The lowest BCUT2D eigenvalue weighted by molar-refractivity contribution is 0.0121. The summed E-state index contributed by atoms with van der Waals surface area (Å²) in [6.45, 7) is 17.5. The Morgan fingerprint density at radius 3 is 2.43 bits per heavy atom. The minimum atomic E-state index is -0.122. The van der Waals surface area contributed by atoms with Crippen LogP contribution < -0.4 is 10.6 Å². The molecule has 7 heteroatoms. The van der Waals surface area contributed by atoms with Crippen LogP contribution in [0.25, 0.3) is 0 Å². The first kappa shape index (κ1) is 23.1. The van der Waals surface area contributed by atoms with Crippen molar-refractivity contribution in [3.8, 4) is 0 Å². The molecule has 0 aliphatic carbocycles. The lowest BCUT2D eigenvalue weighted by Gasteiger charge is -2.45. The van der Waals surface area contributed by atoms with E-state index in [0.717, 1.165) is 37.7 Å². The second-order valence-electron chi connectivity index (χ2n) is 9.84. The van der Waals surface area contributed by atoms with E-state index in [9.17, 15) is 4.79 Å². The Balaban J connectivity index is 1.52. The van der Waals surface area contributed by atoms with Crippen molar-refractivity contribution in [2.75, 3.05) is 52.5 Å². The highest BCUT2D eigenvalue weighted by atomic mass is 16.5. The van der Waals surface area contributed by atoms with Crippen molar-refractivity contribution in [2.45, 2.75) is 52.6 Å². The summed E-state index contributed by atoms with van der Waals surface area (Å²) in [6.07, 6.45) is 1.29. The Bertz CT molecular complexity index is 674. The summed E-state index contributed by atoms with van der Waals surface area (Å²) in [5.74, 6) is 3.19. The monoisotopic (exact) mass is 420 g/mol. The number of nitrogens with zero attached hydrogens (tertiary/aromatic N) is 2. The molecule has 2 fully saturated rings. The molecule has 2 aliphatic rings. The second-order valence-corrected chi connectivity index (χ2v) is 9.84. The van der Waals surface area contributed by atoms with E-state index < -0.39 is 0 Å². The predicted molar refractivity (Wildman–Crippen MR) is 119 cm³/mol. The van der Waals surface area contributed by atoms with E-state index in [0.29, 0.717) is 38.1 Å². The van der Waals surface area contributed by atoms with E-state index in [2.05, 4.69) is 48.1 Å². The highest BCUT2D eigenvalue weighted by Gasteiger charge is 2.33. The first-order chi connectivity index (χ1) is 14.2. The molecular formula is C23H40N4O3. The van der Waals surface area contributed by atoms with E-state index in [4.69, 9.17) is 9.15 Å². The quantitative estimate of drug-likeness (QED) is 0.710. The molecule has 0 aromatic carbocycles. The molecule has 2 amide bonds. The van der Waals surface area contributed by atoms with Gasteiger partial charge in [-0.1, -0.05) is 13.8 Å². The lowest BCUT2D eigenvalue weighted by Crippen LogP contribution is -2.57. The lowest BCUT2D eigenvalue weighted by atomic mass is 9.88. The van der Waals surface area contributed by atoms with Crippen LogP contribution >= 0.6 is 0 Å². The number of morpholine rings is 1. The molecule has 2 saturated heterocycles. The maximum atomic E-state index is 12.6. The number of likely N-dealkylation sites (tertiary alicyclic amines) is 1. The molecule has 3 unspecified atom stereocenters. The number of rotatable bonds is 7. The van der Waals surface area contributed by atoms with Gasteiger partial charge in [0.15, 0.2) is 0 Å². The number of piperidine rings is 1. The number of carbonyl (C=O) groups excluding carboxylic acids is 1. The second kappa shape index (κ2) is 10.2. The topological polar surface area (TPSA) is 70.0 Å². The van der Waals surface area contributed by atoms with Crippen molar-refractivity contribution < 1.29 is 13.9 Å². The van der Waals surface area contributed by atoms with E-state index >= 15 is 0 Å². The summed E-state index contributed by atoms with van der Waals surface area (Å²) >= 11 is 0. The number of amides is 2. The summed E-state index contributed by atoms with van der Waals surface area (Å²) in [5.41, 5.74) is -0.0674. The summed E-state index contributed by atoms with van der Waals surface area (Å²) in [7, 11) is 0. The predicted octanol–water partition coefficient (Wildman–Crippen LogP) is 3.02. The average Bonchev–Trinajstić information content (AvgIpc) is 3.13. The fourth-order valence-corrected chi connectivity index (χ4v) is 4.75. The Labute approximate surface area is 181 Å². The Morgan fingerprint density at radius 1 is 1.17 bits per heavy atom. The molecular weight excluding hydrogens is 380 g/mol. The summed E-state index contributed by atoms with van der Waals surface area (Å²) in [5, 5.41) is 6.17. The van der Waals surface area contributed by atoms with Crippen LogP contribution in [0.3, 0.4) is 0 Å². The number of carbonyl (C=O) groups is 1. The third-order valence-corrected chi connectivity index (χ3v) is 6.44. The van der Waals surface area contributed by atoms with Gasteiger partial charge in [-0.15, -0.1) is 0 Å². The summed E-state index contributed by atoms with van der Waals surface area (Å²) in [4.78, 5) is 17.5. The first-order valence-corrected chi connectivity index (χ1v) is 11.4. The third kappa shape index (κ3) is 6.22. The maximum Gasteiger partial charge on any atom is 0.314 e. The zero-order valence-corrected chi connectivity index (χ0v) is 19.4. The van der Waals surface area contributed by atoms with E-state index in [1.54, 1.807) is 0 Å². The number of ether oxygens (including phenoxy) is 1. The van der Waals surface area contributed by atoms with Crippen molar-refractivity contribution in [3.63, 3.8) is 0 Å². The van der Waals surface area contributed by atoms with Crippen molar-refractivity contribution in [1.29, 1.82) is 0 Å². The van der Waals surface area contributed by atoms with E-state index in [1.165, 1.54) is 6.42 Å². The highest BCUT2D eigenvalue weighted by Crippen LogP contribution is 2.27. The zero-order chi connectivity index (χ0) is 21.7. The van der Waals surface area contributed by atoms with Gasteiger partial charge in [-0.2, -0.15) is 0 Å². The van der Waals surface area contributed by atoms with Crippen LogP contribution in [0.2, 0.25) is 0 Å². The maximum absolute atomic E-state index is 12.6. The van der Waals surface area contributed by atoms with Gasteiger partial charge in [-0.05, 0) is 51.2 Å². The largest absolute Gasteiger partial charge is 0.465 e. The number of hydrogen-bond acceptors (Lipinski definition) is 5. The number of hydrogen-bond donors (Lipinski definition) is 2. The molecule has 2 aliphatic heterocycles. The van der Waals surface area contributed by atoms with E-state index in [-0.39, 0.29) is 17.6 Å². The number of urea groups is 1. The molecule has 30 heavy (non-hydrogen) atoms. The van der Waals surface area contributed by atoms with Crippen molar-refractivity contribution in [3.05, 3.63) is 23.7 Å². The summed E-state index contributed by atoms with van der Waals surface area (Å²) in [6, 6.07) is 3.89. The number of nitrogens with one attached hydrogen (secondary N) is 2. The smallest absolute Gasteiger partial charge is 0.314 e. The van der Waals surface area contributed by atoms with Gasteiger partial charge in [0, 0.05) is 44.8 Å². The molecule has 0 saturated carbocycles. The molecule has 0 bridgehead atoms. The molecule has 3 atom stereocenters. The third-order valence-electron chi connectivity index (χ3n) is 6.44. The van der Waals surface area contributed by atoms with E-state index in [1.807, 2.05) is 19.1 Å². The van der Waals surface area contributed by atoms with Crippen molar-refractivity contribution in [2.24, 2.45) is 11.8 Å². The van der Waals surface area contributed by atoms with Crippen LogP contribution in [-0.4, -0.2) is 73.9 Å². The minimum Gasteiger partial charge on any atom is -0.465 e. The van der Waals surface area contributed by atoms with Gasteiger partial charge in [-0.25, -0.2) is 4.79 Å². The van der Waals surface area contributed by atoms with Crippen LogP contribution in [0.15, 0.2) is 16.5 Å². The van der Waals surface area contributed by atoms with Gasteiger partial charge in [0.2, 0.25) is 0 Å². The molecule has 0 radical (unpaired) electrons. The van der Waals surface area contributed by atoms with Crippen molar-refractivity contribution in [1.82, 2.24) is 20.4 Å². The molecule has 1 aromatic rings. The van der Waals surface area contributed by atoms with Gasteiger partial charge in [0.25, 0.3) is 0 Å². The fourth-order valence-electron chi connectivity index (χ4n) is 4.75. The number of aryl methyl sites for hydroxylation is 1. The van der Waals surface area contributed by atoms with Crippen molar-refractivity contribution >= 4 is 6.03 Å². The zero-order valence-electron chi connectivity index (χ0n) is 19.4. The summed E-state index contributed by atoms with van der Waals surface area (Å²) < 4.78 is 11.4. The molecule has 7 nitrogen and oxygen atoms in total. The van der Waals surface area contributed by atoms with Gasteiger partial charge < -0.3 is 19.8 Å². The van der Waals surface area contributed by atoms with Gasteiger partial charge >= 0.3 is 6.03 Å². The molecule has 3 rings (SSSR count). The Hall–Kier alpha value is -1.57. The Morgan fingerprint density at radius 2 is 1.83 bits per heavy atom. The first-order valence-electron chi connectivity index (χ1n) is 11.4. The van der Waals surface area contributed by atoms with Crippen LogP contribution in [0.1, 0.15) is 51.7 Å². The fraction of sp³-hybridized carbons (Fsp3) is 0.783. The highest BCUT2D eigenvalue weighted by molar-refractivity contribution is 5.74. The van der Waals surface area contributed by atoms with Crippen LogP contribution in [0.4, 0.5) is 4.79 Å². The molecule has 0 spiro atoms. The van der Waals surface area contributed by atoms with Gasteiger partial charge in [0.05, 0.1) is 19.3 Å². The molecule has 1 aromatic heterocycles. The molecule has 170 valence electrons. The standard InChI is InChI=1S/C23H40N4O3/c1-17-12-18(2)15-27(14-17)23(4,5)16-25-22(28)24-13-20(21-7-6-19(3)30-21)26-8-10-29-11-9-26/h6-7,17-18,20H,8-16H2,1-5H3,(H2,24,25,28). The van der Waals surface area contributed by atoms with Gasteiger partial charge in [0.1, 0.15) is 11.5 Å². The van der Waals surface area contributed by atoms with Crippen LogP contribution in [0, 0.1) is 18.8 Å². The van der Waals surface area contributed by atoms with Crippen LogP contribution in [-0.2, 0) is 4.74 Å². The number of furan rings is 1. The average molecular weight is 421 g/mol.